The highest BCUT2D eigenvalue weighted by atomic mass is 16.5. The first-order valence-electron chi connectivity index (χ1n) is 10.8. The highest BCUT2D eigenvalue weighted by Gasteiger charge is 2.36. The molecule has 1 fully saturated rings. The maximum atomic E-state index is 13.4. The third-order valence-corrected chi connectivity index (χ3v) is 5.87. The van der Waals surface area contributed by atoms with E-state index in [0.29, 0.717) is 24.7 Å². The van der Waals surface area contributed by atoms with E-state index in [0.717, 1.165) is 22.6 Å². The van der Waals surface area contributed by atoms with Crippen LogP contribution in [0.3, 0.4) is 0 Å². The number of nitrogens with one attached hydrogen (secondary N) is 1. The minimum Gasteiger partial charge on any atom is -0.494 e. The van der Waals surface area contributed by atoms with E-state index in [1.54, 1.807) is 4.90 Å². The average molecular weight is 428 g/mol. The lowest BCUT2D eigenvalue weighted by Gasteiger charge is -2.28. The molecule has 2 aliphatic rings. The van der Waals surface area contributed by atoms with Crippen LogP contribution in [0.25, 0.3) is 0 Å². The number of hydrogen-bond donors (Lipinski definition) is 1. The summed E-state index contributed by atoms with van der Waals surface area (Å²) in [5.74, 6) is 1.52. The van der Waals surface area contributed by atoms with Gasteiger partial charge in [0.05, 0.1) is 18.6 Å². The summed E-state index contributed by atoms with van der Waals surface area (Å²) in [7, 11) is 0. The molecule has 1 atom stereocenters. The standard InChI is InChI=1S/C26H24N2O4/c1-2-31-19-13-11-18(12-14-19)28-16-17(15-24(28)29)27-26(30)25-20-7-3-5-9-22(20)32-23-10-6-4-8-21(23)25/h3-14,17,25H,2,15-16H2,1H3,(H,27,30). The zero-order valence-corrected chi connectivity index (χ0v) is 17.8. The maximum absolute atomic E-state index is 13.4. The van der Waals surface area contributed by atoms with Gasteiger partial charge < -0.3 is 19.7 Å². The van der Waals surface area contributed by atoms with E-state index in [-0.39, 0.29) is 24.3 Å². The quantitative estimate of drug-likeness (QED) is 0.660. The van der Waals surface area contributed by atoms with Crippen LogP contribution in [0.1, 0.15) is 30.4 Å². The molecule has 162 valence electrons. The topological polar surface area (TPSA) is 67.9 Å². The van der Waals surface area contributed by atoms with Crippen molar-refractivity contribution in [3.63, 3.8) is 0 Å². The van der Waals surface area contributed by atoms with Crippen molar-refractivity contribution in [1.82, 2.24) is 5.32 Å². The van der Waals surface area contributed by atoms with Gasteiger partial charge in [-0.1, -0.05) is 36.4 Å². The van der Waals surface area contributed by atoms with E-state index < -0.39 is 5.92 Å². The number of carbonyl (C=O) groups excluding carboxylic acids is 2. The lowest BCUT2D eigenvalue weighted by molar-refractivity contribution is -0.122. The molecule has 0 radical (unpaired) electrons. The molecule has 1 unspecified atom stereocenters. The Labute approximate surface area is 186 Å². The Bertz CT molecular complexity index is 1110. The lowest BCUT2D eigenvalue weighted by Crippen LogP contribution is -2.40. The maximum Gasteiger partial charge on any atom is 0.232 e. The molecule has 0 aliphatic carbocycles. The van der Waals surface area contributed by atoms with Gasteiger partial charge in [-0.3, -0.25) is 9.59 Å². The zero-order valence-electron chi connectivity index (χ0n) is 17.8. The smallest absolute Gasteiger partial charge is 0.232 e. The number of ether oxygens (including phenoxy) is 2. The summed E-state index contributed by atoms with van der Waals surface area (Å²) in [5, 5.41) is 3.11. The first-order chi connectivity index (χ1) is 15.6. The summed E-state index contributed by atoms with van der Waals surface area (Å²) >= 11 is 0. The van der Waals surface area contributed by atoms with Crippen molar-refractivity contribution >= 4 is 17.5 Å². The summed E-state index contributed by atoms with van der Waals surface area (Å²) in [4.78, 5) is 27.8. The highest BCUT2D eigenvalue weighted by Crippen LogP contribution is 2.44. The molecule has 1 N–H and O–H groups in total. The number of nitrogens with zero attached hydrogens (tertiary/aromatic N) is 1. The fourth-order valence-electron chi connectivity index (χ4n) is 4.42. The number of rotatable bonds is 5. The van der Waals surface area contributed by atoms with Gasteiger partial charge in [0.1, 0.15) is 17.2 Å². The van der Waals surface area contributed by atoms with E-state index in [2.05, 4.69) is 5.32 Å². The fraction of sp³-hybridized carbons (Fsp3) is 0.231. The number of fused-ring (bicyclic) bond motifs is 2. The fourth-order valence-corrected chi connectivity index (χ4v) is 4.42. The Kier molecular flexibility index (Phi) is 5.27. The Balaban J connectivity index is 1.34. The van der Waals surface area contributed by atoms with Crippen LogP contribution in [-0.4, -0.2) is 31.0 Å². The number of benzene rings is 3. The third-order valence-electron chi connectivity index (χ3n) is 5.87. The lowest BCUT2D eigenvalue weighted by atomic mass is 9.87. The number of hydrogen-bond acceptors (Lipinski definition) is 4. The van der Waals surface area contributed by atoms with Crippen molar-refractivity contribution in [3.8, 4) is 17.2 Å². The van der Waals surface area contributed by atoms with Crippen molar-refractivity contribution in [2.24, 2.45) is 0 Å². The van der Waals surface area contributed by atoms with Gasteiger partial charge in [0.15, 0.2) is 0 Å². The van der Waals surface area contributed by atoms with Gasteiger partial charge in [0, 0.05) is 29.8 Å². The van der Waals surface area contributed by atoms with Crippen LogP contribution < -0.4 is 19.7 Å². The molecular weight excluding hydrogens is 404 g/mol. The molecule has 32 heavy (non-hydrogen) atoms. The van der Waals surface area contributed by atoms with Crippen LogP contribution in [-0.2, 0) is 9.59 Å². The number of anilines is 1. The number of carbonyl (C=O) groups is 2. The van der Waals surface area contributed by atoms with Gasteiger partial charge in [-0.2, -0.15) is 0 Å². The minimum atomic E-state index is -0.481. The molecule has 2 amide bonds. The highest BCUT2D eigenvalue weighted by molar-refractivity contribution is 5.97. The second kappa shape index (κ2) is 8.38. The molecule has 0 saturated carbocycles. The Morgan fingerprint density at radius 1 is 1.00 bits per heavy atom. The number of para-hydroxylation sites is 2. The van der Waals surface area contributed by atoms with Gasteiger partial charge >= 0.3 is 0 Å². The Morgan fingerprint density at radius 2 is 1.62 bits per heavy atom. The van der Waals surface area contributed by atoms with Gasteiger partial charge in [0.2, 0.25) is 11.8 Å². The van der Waals surface area contributed by atoms with Crippen molar-refractivity contribution in [1.29, 1.82) is 0 Å². The Hall–Kier alpha value is -3.80. The van der Waals surface area contributed by atoms with Gasteiger partial charge in [-0.15, -0.1) is 0 Å². The van der Waals surface area contributed by atoms with E-state index in [4.69, 9.17) is 9.47 Å². The van der Waals surface area contributed by atoms with E-state index in [1.165, 1.54) is 0 Å². The number of amides is 2. The minimum absolute atomic E-state index is 0.00719. The van der Waals surface area contributed by atoms with Crippen LogP contribution >= 0.6 is 0 Å². The average Bonchev–Trinajstić information content (AvgIpc) is 3.17. The molecule has 2 aliphatic heterocycles. The van der Waals surface area contributed by atoms with Crippen molar-refractivity contribution in [2.45, 2.75) is 25.3 Å². The zero-order chi connectivity index (χ0) is 22.1. The summed E-state index contributed by atoms with van der Waals surface area (Å²) in [5.41, 5.74) is 2.46. The first-order valence-corrected chi connectivity index (χ1v) is 10.8. The molecule has 2 heterocycles. The SMILES string of the molecule is CCOc1ccc(N2CC(NC(=O)C3c4ccccc4Oc4ccccc43)CC2=O)cc1. The van der Waals surface area contributed by atoms with E-state index in [1.807, 2.05) is 79.7 Å². The van der Waals surface area contributed by atoms with Crippen molar-refractivity contribution in [2.75, 3.05) is 18.1 Å². The molecule has 3 aromatic carbocycles. The molecule has 3 aromatic rings. The molecule has 0 spiro atoms. The largest absolute Gasteiger partial charge is 0.494 e. The molecule has 0 aromatic heterocycles. The molecule has 5 rings (SSSR count). The molecular formula is C26H24N2O4. The summed E-state index contributed by atoms with van der Waals surface area (Å²) in [6.45, 7) is 2.96. The van der Waals surface area contributed by atoms with Crippen LogP contribution in [0.15, 0.2) is 72.8 Å². The summed E-state index contributed by atoms with van der Waals surface area (Å²) < 4.78 is 11.5. The van der Waals surface area contributed by atoms with Crippen molar-refractivity contribution < 1.29 is 19.1 Å². The molecule has 6 heteroatoms. The van der Waals surface area contributed by atoms with Gasteiger partial charge in [0.25, 0.3) is 0 Å². The molecule has 6 nitrogen and oxygen atoms in total. The first kappa shape index (κ1) is 20.1. The van der Waals surface area contributed by atoms with Crippen molar-refractivity contribution in [3.05, 3.63) is 83.9 Å². The molecule has 1 saturated heterocycles. The van der Waals surface area contributed by atoms with Gasteiger partial charge in [-0.05, 0) is 43.3 Å². The van der Waals surface area contributed by atoms with Crippen LogP contribution in [0.4, 0.5) is 5.69 Å². The summed E-state index contributed by atoms with van der Waals surface area (Å²) in [6, 6.07) is 22.4. The van der Waals surface area contributed by atoms with Crippen LogP contribution in [0.2, 0.25) is 0 Å². The monoisotopic (exact) mass is 428 g/mol. The normalized spacial score (nSPS) is 17.3. The second-order valence-corrected chi connectivity index (χ2v) is 7.95. The predicted octanol–water partition coefficient (Wildman–Crippen LogP) is 4.24. The van der Waals surface area contributed by atoms with Gasteiger partial charge in [-0.25, -0.2) is 0 Å². The molecule has 0 bridgehead atoms. The van der Waals surface area contributed by atoms with E-state index in [9.17, 15) is 9.59 Å². The van der Waals surface area contributed by atoms with Crippen LogP contribution in [0.5, 0.6) is 17.2 Å². The van der Waals surface area contributed by atoms with Crippen LogP contribution in [0, 0.1) is 0 Å². The second-order valence-electron chi connectivity index (χ2n) is 7.95. The Morgan fingerprint density at radius 3 is 2.25 bits per heavy atom. The summed E-state index contributed by atoms with van der Waals surface area (Å²) in [6.07, 6.45) is 0.269. The third kappa shape index (κ3) is 3.68. The van der Waals surface area contributed by atoms with E-state index >= 15 is 0 Å². The predicted molar refractivity (Wildman–Crippen MR) is 121 cm³/mol.